The Kier molecular flexibility index (Phi) is 7.30. The maximum Gasteiger partial charge on any atom is 0.240 e. The van der Waals surface area contributed by atoms with Gasteiger partial charge in [-0.25, -0.2) is 18.1 Å². The second-order valence-electron chi connectivity index (χ2n) is 10.1. The molecule has 1 aromatic heterocycles. The summed E-state index contributed by atoms with van der Waals surface area (Å²) in [6.45, 7) is 1.02. The van der Waals surface area contributed by atoms with Crippen molar-refractivity contribution in [3.63, 3.8) is 0 Å². The standard InChI is InChI=1S/C32H29N3O5S/c1-39-28-11-9-23-10-12-29(19-26(23)18-28)41(37,38)34-20-25-14-16-35(32(25)36)21-22-7-8-24-13-15-33-31(30(24)17-22)40-27-5-3-2-4-6-27/h2-13,15,17-19,25,34H,14,16,20-21H2,1H3. The summed E-state index contributed by atoms with van der Waals surface area (Å²) in [6, 6.07) is 27.9. The lowest BCUT2D eigenvalue weighted by molar-refractivity contribution is -0.131. The van der Waals surface area contributed by atoms with Gasteiger partial charge in [0, 0.05) is 31.2 Å². The number of likely N-dealkylation sites (tertiary alicyclic amines) is 1. The summed E-state index contributed by atoms with van der Waals surface area (Å²) in [6.07, 6.45) is 2.29. The Labute approximate surface area is 238 Å². The Hall–Kier alpha value is -4.47. The minimum atomic E-state index is -3.80. The van der Waals surface area contributed by atoms with Crippen molar-refractivity contribution >= 4 is 37.5 Å². The largest absolute Gasteiger partial charge is 0.497 e. The molecule has 1 N–H and O–H groups in total. The molecule has 2 heterocycles. The van der Waals surface area contributed by atoms with Crippen LogP contribution in [0.15, 0.2) is 102 Å². The molecule has 0 bridgehead atoms. The van der Waals surface area contributed by atoms with E-state index in [9.17, 15) is 13.2 Å². The van der Waals surface area contributed by atoms with Crippen LogP contribution in [-0.2, 0) is 21.4 Å². The molecule has 9 heteroatoms. The van der Waals surface area contributed by atoms with Gasteiger partial charge in [0.25, 0.3) is 0 Å². The van der Waals surface area contributed by atoms with Gasteiger partial charge in [-0.3, -0.25) is 4.79 Å². The van der Waals surface area contributed by atoms with Gasteiger partial charge in [-0.15, -0.1) is 0 Å². The Morgan fingerprint density at radius 1 is 0.902 bits per heavy atom. The molecule has 41 heavy (non-hydrogen) atoms. The first-order valence-electron chi connectivity index (χ1n) is 13.4. The number of carbonyl (C=O) groups is 1. The number of methoxy groups -OCH3 is 1. The summed E-state index contributed by atoms with van der Waals surface area (Å²) < 4.78 is 40.1. The third-order valence-electron chi connectivity index (χ3n) is 7.38. The highest BCUT2D eigenvalue weighted by Gasteiger charge is 2.32. The maximum atomic E-state index is 13.2. The molecule has 6 rings (SSSR count). The van der Waals surface area contributed by atoms with Crippen molar-refractivity contribution in [1.82, 2.24) is 14.6 Å². The lowest BCUT2D eigenvalue weighted by Gasteiger charge is -2.18. The van der Waals surface area contributed by atoms with Crippen LogP contribution in [0.5, 0.6) is 17.4 Å². The van der Waals surface area contributed by atoms with Crippen LogP contribution in [-0.4, -0.2) is 44.4 Å². The number of ether oxygens (including phenoxy) is 2. The van der Waals surface area contributed by atoms with Gasteiger partial charge in [-0.05, 0) is 76.7 Å². The van der Waals surface area contributed by atoms with E-state index >= 15 is 0 Å². The first kappa shape index (κ1) is 26.7. The number of amides is 1. The van der Waals surface area contributed by atoms with Crippen LogP contribution in [0.25, 0.3) is 21.5 Å². The minimum absolute atomic E-state index is 0.0461. The van der Waals surface area contributed by atoms with Crippen LogP contribution in [0.4, 0.5) is 0 Å². The maximum absolute atomic E-state index is 13.2. The molecule has 4 aromatic carbocycles. The van der Waals surface area contributed by atoms with Crippen LogP contribution >= 0.6 is 0 Å². The summed E-state index contributed by atoms with van der Waals surface area (Å²) >= 11 is 0. The summed E-state index contributed by atoms with van der Waals surface area (Å²) in [5, 5.41) is 3.52. The van der Waals surface area contributed by atoms with E-state index in [1.807, 2.05) is 66.7 Å². The molecule has 0 radical (unpaired) electrons. The Bertz CT molecular complexity index is 1840. The number of sulfonamides is 1. The molecule has 0 saturated carbocycles. The molecule has 1 amide bonds. The van der Waals surface area contributed by atoms with Crippen molar-refractivity contribution in [1.29, 1.82) is 0 Å². The topological polar surface area (TPSA) is 97.8 Å². The predicted molar refractivity (Wildman–Crippen MR) is 157 cm³/mol. The van der Waals surface area contributed by atoms with E-state index in [1.165, 1.54) is 0 Å². The van der Waals surface area contributed by atoms with E-state index in [4.69, 9.17) is 9.47 Å². The fraction of sp³-hybridized carbons (Fsp3) is 0.188. The number of nitrogens with zero attached hydrogens (tertiary/aromatic N) is 2. The zero-order valence-electron chi connectivity index (χ0n) is 22.5. The molecule has 0 spiro atoms. The fourth-order valence-electron chi connectivity index (χ4n) is 5.13. The van der Waals surface area contributed by atoms with E-state index in [0.29, 0.717) is 36.9 Å². The predicted octanol–water partition coefficient (Wildman–Crippen LogP) is 5.52. The van der Waals surface area contributed by atoms with Gasteiger partial charge < -0.3 is 14.4 Å². The molecular formula is C32H29N3O5S. The highest BCUT2D eigenvalue weighted by Crippen LogP contribution is 2.30. The number of hydrogen-bond acceptors (Lipinski definition) is 6. The highest BCUT2D eigenvalue weighted by atomic mass is 32.2. The number of benzene rings is 4. The van der Waals surface area contributed by atoms with Crippen molar-refractivity contribution in [2.24, 2.45) is 5.92 Å². The molecule has 0 aliphatic carbocycles. The van der Waals surface area contributed by atoms with Crippen molar-refractivity contribution in [3.8, 4) is 17.4 Å². The van der Waals surface area contributed by atoms with E-state index in [-0.39, 0.29) is 17.3 Å². The first-order chi connectivity index (χ1) is 19.9. The number of para-hydroxylation sites is 1. The normalized spacial score (nSPS) is 15.5. The van der Waals surface area contributed by atoms with E-state index < -0.39 is 15.9 Å². The number of fused-ring (bicyclic) bond motifs is 2. The van der Waals surface area contributed by atoms with Crippen LogP contribution in [0.1, 0.15) is 12.0 Å². The molecule has 1 unspecified atom stereocenters. The van der Waals surface area contributed by atoms with Gasteiger partial charge in [0.1, 0.15) is 11.5 Å². The van der Waals surface area contributed by atoms with Crippen molar-refractivity contribution < 1.29 is 22.7 Å². The van der Waals surface area contributed by atoms with Crippen molar-refractivity contribution in [2.45, 2.75) is 17.9 Å². The van der Waals surface area contributed by atoms with Crippen LogP contribution in [0.3, 0.4) is 0 Å². The number of carbonyl (C=O) groups excluding carboxylic acids is 1. The molecule has 1 aliphatic rings. The van der Waals surface area contributed by atoms with Gasteiger partial charge in [0.2, 0.25) is 21.8 Å². The molecule has 5 aromatic rings. The molecule has 8 nitrogen and oxygen atoms in total. The Balaban J connectivity index is 1.13. The lowest BCUT2D eigenvalue weighted by Crippen LogP contribution is -2.34. The third kappa shape index (κ3) is 5.73. The first-order valence-corrected chi connectivity index (χ1v) is 14.8. The van der Waals surface area contributed by atoms with Gasteiger partial charge >= 0.3 is 0 Å². The Morgan fingerprint density at radius 2 is 1.71 bits per heavy atom. The average Bonchev–Trinajstić information content (AvgIpc) is 3.34. The number of nitrogens with one attached hydrogen (secondary N) is 1. The minimum Gasteiger partial charge on any atom is -0.497 e. The summed E-state index contributed by atoms with van der Waals surface area (Å²) in [4.78, 5) is 19.6. The monoisotopic (exact) mass is 567 g/mol. The molecule has 1 fully saturated rings. The average molecular weight is 568 g/mol. The zero-order valence-corrected chi connectivity index (χ0v) is 23.3. The molecule has 1 atom stereocenters. The van der Waals surface area contributed by atoms with Crippen LogP contribution in [0, 0.1) is 5.92 Å². The molecular weight excluding hydrogens is 538 g/mol. The van der Waals surface area contributed by atoms with E-state index in [1.54, 1.807) is 42.5 Å². The quantitative estimate of drug-likeness (QED) is 0.252. The number of rotatable bonds is 9. The van der Waals surface area contributed by atoms with Crippen molar-refractivity contribution in [2.75, 3.05) is 20.2 Å². The summed E-state index contributed by atoms with van der Waals surface area (Å²) in [5.41, 5.74) is 0.949. The second kappa shape index (κ2) is 11.2. The zero-order chi connectivity index (χ0) is 28.4. The Morgan fingerprint density at radius 3 is 2.54 bits per heavy atom. The SMILES string of the molecule is COc1ccc2ccc(S(=O)(=O)NCC3CCN(Cc4ccc5ccnc(Oc6ccccc6)c5c4)C3=O)cc2c1. The molecule has 1 saturated heterocycles. The van der Waals surface area contributed by atoms with E-state index in [2.05, 4.69) is 9.71 Å². The van der Waals surface area contributed by atoms with Gasteiger partial charge in [0.15, 0.2) is 0 Å². The van der Waals surface area contributed by atoms with Crippen LogP contribution in [0.2, 0.25) is 0 Å². The van der Waals surface area contributed by atoms with Gasteiger partial charge in [0.05, 0.1) is 17.9 Å². The van der Waals surface area contributed by atoms with Crippen LogP contribution < -0.4 is 14.2 Å². The number of aromatic nitrogens is 1. The van der Waals surface area contributed by atoms with E-state index in [0.717, 1.165) is 27.1 Å². The van der Waals surface area contributed by atoms with Crippen molar-refractivity contribution in [3.05, 3.63) is 103 Å². The smallest absolute Gasteiger partial charge is 0.240 e. The third-order valence-corrected chi connectivity index (χ3v) is 8.80. The summed E-state index contributed by atoms with van der Waals surface area (Å²) in [7, 11) is -2.23. The number of hydrogen-bond donors (Lipinski definition) is 1. The highest BCUT2D eigenvalue weighted by molar-refractivity contribution is 7.89. The lowest BCUT2D eigenvalue weighted by atomic mass is 10.1. The molecule has 1 aliphatic heterocycles. The summed E-state index contributed by atoms with van der Waals surface area (Å²) in [5.74, 6) is 1.36. The fourth-order valence-corrected chi connectivity index (χ4v) is 6.25. The van der Waals surface area contributed by atoms with Gasteiger partial charge in [-0.2, -0.15) is 0 Å². The molecule has 208 valence electrons. The number of pyridine rings is 1. The second-order valence-corrected chi connectivity index (χ2v) is 11.8. The van der Waals surface area contributed by atoms with Gasteiger partial charge in [-0.1, -0.05) is 42.5 Å².